The molecule has 0 N–H and O–H groups in total. The highest BCUT2D eigenvalue weighted by molar-refractivity contribution is 5.12. The van der Waals surface area contributed by atoms with Crippen molar-refractivity contribution >= 4 is 0 Å². The summed E-state index contributed by atoms with van der Waals surface area (Å²) in [5.74, 6) is 0. The predicted molar refractivity (Wildman–Crippen MR) is 57.3 cm³/mol. The van der Waals surface area contributed by atoms with E-state index in [0.29, 0.717) is 0 Å². The van der Waals surface area contributed by atoms with Crippen molar-refractivity contribution < 1.29 is 9.47 Å². The first kappa shape index (κ1) is 10.6. The van der Waals surface area contributed by atoms with Crippen LogP contribution in [0.4, 0.5) is 0 Å². The molecule has 0 amide bonds. The van der Waals surface area contributed by atoms with E-state index in [9.17, 15) is 0 Å². The molecule has 1 aromatic heterocycles. The molecule has 0 radical (unpaired) electrons. The number of aromatic nitrogens is 1. The Bertz CT molecular complexity index is 283. The molecule has 1 fully saturated rings. The average Bonchev–Trinajstić information content (AvgIpc) is 2.31. The van der Waals surface area contributed by atoms with Crippen molar-refractivity contribution in [3.8, 4) is 0 Å². The molecule has 1 aliphatic rings. The maximum Gasteiger partial charge on any atom is 0.158 e. The second kappa shape index (κ2) is 5.24. The van der Waals surface area contributed by atoms with Gasteiger partial charge in [0.1, 0.15) is 0 Å². The van der Waals surface area contributed by atoms with Gasteiger partial charge in [0.05, 0.1) is 6.10 Å². The molecule has 2 unspecified atom stereocenters. The fraction of sp³-hybridized carbons (Fsp3) is 0.583. The largest absolute Gasteiger partial charge is 0.353 e. The van der Waals surface area contributed by atoms with Gasteiger partial charge in [-0.2, -0.15) is 0 Å². The smallest absolute Gasteiger partial charge is 0.158 e. The lowest BCUT2D eigenvalue weighted by Crippen LogP contribution is -2.23. The summed E-state index contributed by atoms with van der Waals surface area (Å²) >= 11 is 0. The highest BCUT2D eigenvalue weighted by atomic mass is 16.7. The van der Waals surface area contributed by atoms with Crippen LogP contribution in [-0.4, -0.2) is 17.9 Å². The Morgan fingerprint density at radius 2 is 2.20 bits per heavy atom. The van der Waals surface area contributed by atoms with Crippen LogP contribution in [0.3, 0.4) is 0 Å². The summed E-state index contributed by atoms with van der Waals surface area (Å²) in [6, 6.07) is 3.96. The summed E-state index contributed by atoms with van der Waals surface area (Å²) in [7, 11) is 0. The van der Waals surface area contributed by atoms with Gasteiger partial charge in [-0.1, -0.05) is 0 Å². The monoisotopic (exact) mass is 207 g/mol. The van der Waals surface area contributed by atoms with Crippen LogP contribution in [-0.2, 0) is 9.47 Å². The molecule has 2 rings (SSSR count). The quantitative estimate of drug-likeness (QED) is 0.763. The number of rotatable bonds is 3. The van der Waals surface area contributed by atoms with Gasteiger partial charge in [0.2, 0.25) is 0 Å². The third-order valence-electron chi connectivity index (χ3n) is 2.67. The van der Waals surface area contributed by atoms with E-state index in [1.165, 1.54) is 6.42 Å². The van der Waals surface area contributed by atoms with Crippen molar-refractivity contribution in [3.63, 3.8) is 0 Å². The highest BCUT2D eigenvalue weighted by Crippen LogP contribution is 2.22. The van der Waals surface area contributed by atoms with E-state index in [-0.39, 0.29) is 12.4 Å². The molecule has 2 atom stereocenters. The number of nitrogens with zero attached hydrogens (tertiary/aromatic N) is 1. The zero-order valence-electron chi connectivity index (χ0n) is 9.06. The molecule has 1 aromatic rings. The standard InChI is InChI=1S/C12H17NO2/c1-10(11-5-7-13-8-6-11)15-12-4-2-3-9-14-12/h5-8,10,12H,2-4,9H2,1H3. The first-order valence-corrected chi connectivity index (χ1v) is 5.53. The van der Waals surface area contributed by atoms with Crippen molar-refractivity contribution in [2.75, 3.05) is 6.61 Å². The summed E-state index contributed by atoms with van der Waals surface area (Å²) in [4.78, 5) is 3.99. The predicted octanol–water partition coefficient (Wildman–Crippen LogP) is 2.69. The maximum atomic E-state index is 5.83. The fourth-order valence-corrected chi connectivity index (χ4v) is 1.76. The molecule has 15 heavy (non-hydrogen) atoms. The Hall–Kier alpha value is -0.930. The molecule has 0 aromatic carbocycles. The van der Waals surface area contributed by atoms with Crippen LogP contribution in [0.5, 0.6) is 0 Å². The van der Waals surface area contributed by atoms with Gasteiger partial charge in [-0.25, -0.2) is 0 Å². The topological polar surface area (TPSA) is 31.4 Å². The van der Waals surface area contributed by atoms with Crippen molar-refractivity contribution in [2.45, 2.75) is 38.6 Å². The number of hydrogen-bond donors (Lipinski definition) is 0. The van der Waals surface area contributed by atoms with Gasteiger partial charge in [0, 0.05) is 19.0 Å². The van der Waals surface area contributed by atoms with Crippen molar-refractivity contribution in [1.82, 2.24) is 4.98 Å². The van der Waals surface area contributed by atoms with Gasteiger partial charge in [-0.05, 0) is 43.9 Å². The minimum absolute atomic E-state index is 0.0260. The van der Waals surface area contributed by atoms with Crippen LogP contribution in [0, 0.1) is 0 Å². The number of ether oxygens (including phenoxy) is 2. The third kappa shape index (κ3) is 3.01. The van der Waals surface area contributed by atoms with Crippen LogP contribution in [0.15, 0.2) is 24.5 Å². The maximum absolute atomic E-state index is 5.83. The molecule has 0 spiro atoms. The Kier molecular flexibility index (Phi) is 3.69. The SMILES string of the molecule is CC(OC1CCCCO1)c1ccncc1. The minimum Gasteiger partial charge on any atom is -0.353 e. The Balaban J connectivity index is 1.88. The molecule has 1 aliphatic heterocycles. The van der Waals surface area contributed by atoms with Crippen LogP contribution >= 0.6 is 0 Å². The zero-order chi connectivity index (χ0) is 10.5. The van der Waals surface area contributed by atoms with E-state index in [1.807, 2.05) is 19.1 Å². The van der Waals surface area contributed by atoms with Gasteiger partial charge in [-0.15, -0.1) is 0 Å². The average molecular weight is 207 g/mol. The minimum atomic E-state index is -0.0260. The first-order chi connectivity index (χ1) is 7.36. The molecule has 0 bridgehead atoms. The second-order valence-electron chi connectivity index (χ2n) is 3.85. The van der Waals surface area contributed by atoms with Gasteiger partial charge >= 0.3 is 0 Å². The van der Waals surface area contributed by atoms with Gasteiger partial charge in [0.15, 0.2) is 6.29 Å². The van der Waals surface area contributed by atoms with Crippen LogP contribution in [0.25, 0.3) is 0 Å². The van der Waals surface area contributed by atoms with Crippen LogP contribution < -0.4 is 0 Å². The van der Waals surface area contributed by atoms with Crippen molar-refractivity contribution in [3.05, 3.63) is 30.1 Å². The van der Waals surface area contributed by atoms with Crippen LogP contribution in [0.2, 0.25) is 0 Å². The van der Waals surface area contributed by atoms with E-state index in [0.717, 1.165) is 25.0 Å². The first-order valence-electron chi connectivity index (χ1n) is 5.53. The van der Waals surface area contributed by atoms with E-state index in [1.54, 1.807) is 12.4 Å². The van der Waals surface area contributed by atoms with E-state index < -0.39 is 0 Å². The highest BCUT2D eigenvalue weighted by Gasteiger charge is 2.17. The summed E-state index contributed by atoms with van der Waals surface area (Å²) in [5.41, 5.74) is 1.15. The Labute approximate surface area is 90.4 Å². The van der Waals surface area contributed by atoms with Gasteiger partial charge in [-0.3, -0.25) is 4.98 Å². The molecular weight excluding hydrogens is 190 g/mol. The molecule has 2 heterocycles. The molecule has 0 saturated carbocycles. The Morgan fingerprint density at radius 3 is 2.87 bits per heavy atom. The fourth-order valence-electron chi connectivity index (χ4n) is 1.76. The normalized spacial score (nSPS) is 23.7. The lowest BCUT2D eigenvalue weighted by atomic mass is 10.1. The molecule has 0 aliphatic carbocycles. The van der Waals surface area contributed by atoms with Crippen molar-refractivity contribution in [2.24, 2.45) is 0 Å². The number of pyridine rings is 1. The lowest BCUT2D eigenvalue weighted by molar-refractivity contribution is -0.186. The van der Waals surface area contributed by atoms with Crippen molar-refractivity contribution in [1.29, 1.82) is 0 Å². The second-order valence-corrected chi connectivity index (χ2v) is 3.85. The van der Waals surface area contributed by atoms with Crippen LogP contribution in [0.1, 0.15) is 37.9 Å². The van der Waals surface area contributed by atoms with E-state index in [4.69, 9.17) is 9.47 Å². The summed E-state index contributed by atoms with van der Waals surface area (Å²) < 4.78 is 11.4. The summed E-state index contributed by atoms with van der Waals surface area (Å²) in [5, 5.41) is 0. The Morgan fingerprint density at radius 1 is 1.40 bits per heavy atom. The van der Waals surface area contributed by atoms with E-state index >= 15 is 0 Å². The number of hydrogen-bond acceptors (Lipinski definition) is 3. The summed E-state index contributed by atoms with van der Waals surface area (Å²) in [6.45, 7) is 2.88. The third-order valence-corrected chi connectivity index (χ3v) is 2.67. The zero-order valence-corrected chi connectivity index (χ0v) is 9.06. The molecule has 3 nitrogen and oxygen atoms in total. The molecular formula is C12H17NO2. The summed E-state index contributed by atoms with van der Waals surface area (Å²) in [6.07, 6.45) is 7.00. The molecule has 82 valence electrons. The molecule has 1 saturated heterocycles. The van der Waals surface area contributed by atoms with E-state index in [2.05, 4.69) is 4.98 Å². The van der Waals surface area contributed by atoms with Gasteiger partial charge in [0.25, 0.3) is 0 Å². The van der Waals surface area contributed by atoms with Gasteiger partial charge < -0.3 is 9.47 Å². The molecule has 3 heteroatoms. The lowest BCUT2D eigenvalue weighted by Gasteiger charge is -2.26.